The van der Waals surface area contributed by atoms with Crippen molar-refractivity contribution in [3.8, 4) is 11.5 Å². The summed E-state index contributed by atoms with van der Waals surface area (Å²) >= 11 is 12.3. The van der Waals surface area contributed by atoms with Crippen LogP contribution in [-0.4, -0.2) is 46.1 Å². The molecule has 6 nitrogen and oxygen atoms in total. The molecule has 1 aliphatic rings. The molecule has 0 radical (unpaired) electrons. The second kappa shape index (κ2) is 7.89. The van der Waals surface area contributed by atoms with Crippen molar-refractivity contribution < 1.29 is 0 Å². The van der Waals surface area contributed by atoms with E-state index in [-0.39, 0.29) is 0 Å². The first kappa shape index (κ1) is 18.9. The molecule has 0 unspecified atom stereocenters. The molecule has 0 saturated carbocycles. The molecule has 3 aromatic heterocycles. The largest absolute Gasteiger partial charge is 0.353 e. The second-order valence-electron chi connectivity index (χ2n) is 6.73. The SMILES string of the molecule is Cc1nc(-c2ccccn2)nc(N2CCN(c3ncc(Cl)cc3Cl)CC2)c1C. The number of aryl methyl sites for hydroxylation is 1. The van der Waals surface area contributed by atoms with Crippen LogP contribution >= 0.6 is 23.2 Å². The van der Waals surface area contributed by atoms with Crippen LogP contribution in [0.1, 0.15) is 11.3 Å². The number of anilines is 2. The van der Waals surface area contributed by atoms with E-state index in [1.54, 1.807) is 18.5 Å². The fraction of sp³-hybridized carbons (Fsp3) is 0.300. The molecule has 4 heterocycles. The van der Waals surface area contributed by atoms with Crippen LogP contribution in [0.2, 0.25) is 10.0 Å². The minimum atomic E-state index is 0.543. The Kier molecular flexibility index (Phi) is 5.33. The van der Waals surface area contributed by atoms with Crippen molar-refractivity contribution in [3.63, 3.8) is 0 Å². The molecule has 0 spiro atoms. The summed E-state index contributed by atoms with van der Waals surface area (Å²) in [5.74, 6) is 2.39. The smallest absolute Gasteiger partial charge is 0.180 e. The Labute approximate surface area is 174 Å². The third kappa shape index (κ3) is 3.75. The van der Waals surface area contributed by atoms with Gasteiger partial charge in [0.05, 0.1) is 10.0 Å². The lowest BCUT2D eigenvalue weighted by Crippen LogP contribution is -2.47. The minimum Gasteiger partial charge on any atom is -0.353 e. The first-order valence-corrected chi connectivity index (χ1v) is 9.86. The maximum Gasteiger partial charge on any atom is 0.180 e. The van der Waals surface area contributed by atoms with E-state index in [1.165, 1.54) is 0 Å². The lowest BCUT2D eigenvalue weighted by atomic mass is 10.2. The number of rotatable bonds is 3. The van der Waals surface area contributed by atoms with Gasteiger partial charge in [0.25, 0.3) is 0 Å². The first-order valence-electron chi connectivity index (χ1n) is 9.10. The molecule has 0 N–H and O–H groups in total. The zero-order valence-electron chi connectivity index (χ0n) is 15.7. The van der Waals surface area contributed by atoms with Gasteiger partial charge in [-0.25, -0.2) is 15.0 Å². The third-order valence-corrected chi connectivity index (χ3v) is 5.41. The van der Waals surface area contributed by atoms with Crippen LogP contribution in [0, 0.1) is 13.8 Å². The number of pyridine rings is 2. The van der Waals surface area contributed by atoms with Crippen molar-refractivity contribution in [1.29, 1.82) is 0 Å². The molecule has 0 amide bonds. The maximum atomic E-state index is 6.32. The van der Waals surface area contributed by atoms with E-state index in [2.05, 4.69) is 31.7 Å². The van der Waals surface area contributed by atoms with Gasteiger partial charge in [-0.15, -0.1) is 0 Å². The van der Waals surface area contributed by atoms with Crippen molar-refractivity contribution in [2.45, 2.75) is 13.8 Å². The van der Waals surface area contributed by atoms with E-state index in [1.807, 2.05) is 25.1 Å². The Bertz CT molecular complexity index is 987. The zero-order chi connectivity index (χ0) is 19.7. The summed E-state index contributed by atoms with van der Waals surface area (Å²) in [5.41, 5.74) is 2.84. The molecule has 144 valence electrons. The van der Waals surface area contributed by atoms with Gasteiger partial charge in [0.2, 0.25) is 0 Å². The molecule has 1 saturated heterocycles. The van der Waals surface area contributed by atoms with Gasteiger partial charge in [-0.2, -0.15) is 0 Å². The van der Waals surface area contributed by atoms with Gasteiger partial charge in [0.1, 0.15) is 17.3 Å². The summed E-state index contributed by atoms with van der Waals surface area (Å²) in [6.07, 6.45) is 3.39. The van der Waals surface area contributed by atoms with Crippen molar-refractivity contribution >= 4 is 34.8 Å². The maximum absolute atomic E-state index is 6.32. The van der Waals surface area contributed by atoms with E-state index in [4.69, 9.17) is 28.2 Å². The van der Waals surface area contributed by atoms with Gasteiger partial charge < -0.3 is 9.80 Å². The third-order valence-electron chi connectivity index (χ3n) is 4.92. The van der Waals surface area contributed by atoms with Crippen LogP contribution in [-0.2, 0) is 0 Å². The normalized spacial score (nSPS) is 14.4. The zero-order valence-corrected chi connectivity index (χ0v) is 17.2. The van der Waals surface area contributed by atoms with E-state index in [0.717, 1.165) is 54.8 Å². The van der Waals surface area contributed by atoms with Crippen molar-refractivity contribution in [2.75, 3.05) is 36.0 Å². The summed E-state index contributed by atoms with van der Waals surface area (Å²) in [4.78, 5) is 22.7. The molecular weight excluding hydrogens is 395 g/mol. The molecule has 0 bridgehead atoms. The molecule has 0 aromatic carbocycles. The quantitative estimate of drug-likeness (QED) is 0.640. The van der Waals surface area contributed by atoms with E-state index in [9.17, 15) is 0 Å². The molecule has 3 aromatic rings. The lowest BCUT2D eigenvalue weighted by Gasteiger charge is -2.37. The number of piperazine rings is 1. The van der Waals surface area contributed by atoms with Crippen LogP contribution in [0.25, 0.3) is 11.5 Å². The van der Waals surface area contributed by atoms with Crippen LogP contribution in [0.3, 0.4) is 0 Å². The van der Waals surface area contributed by atoms with Crippen LogP contribution < -0.4 is 9.80 Å². The Morgan fingerprint density at radius 2 is 1.61 bits per heavy atom. The average molecular weight is 415 g/mol. The predicted octanol–water partition coefficient (Wildman–Crippen LogP) is 4.18. The van der Waals surface area contributed by atoms with Gasteiger partial charge in [0.15, 0.2) is 5.82 Å². The molecule has 1 aliphatic heterocycles. The number of hydrogen-bond donors (Lipinski definition) is 0. The lowest BCUT2D eigenvalue weighted by molar-refractivity contribution is 0.639. The number of aromatic nitrogens is 4. The Morgan fingerprint density at radius 3 is 2.25 bits per heavy atom. The van der Waals surface area contributed by atoms with Crippen molar-refractivity contribution in [2.24, 2.45) is 0 Å². The van der Waals surface area contributed by atoms with Crippen LogP contribution in [0.15, 0.2) is 36.7 Å². The van der Waals surface area contributed by atoms with Gasteiger partial charge in [-0.05, 0) is 32.0 Å². The minimum absolute atomic E-state index is 0.543. The summed E-state index contributed by atoms with van der Waals surface area (Å²) < 4.78 is 0. The molecule has 28 heavy (non-hydrogen) atoms. The summed E-state index contributed by atoms with van der Waals surface area (Å²) in [6, 6.07) is 7.50. The Balaban J connectivity index is 1.57. The molecule has 0 aliphatic carbocycles. The Hall–Kier alpha value is -2.44. The first-order chi connectivity index (χ1) is 13.5. The van der Waals surface area contributed by atoms with E-state index < -0.39 is 0 Å². The molecular formula is C20H20Cl2N6. The summed E-state index contributed by atoms with van der Waals surface area (Å²) in [5, 5.41) is 1.12. The van der Waals surface area contributed by atoms with Gasteiger partial charge in [-0.1, -0.05) is 29.3 Å². The standard InChI is InChI=1S/C20H20Cl2N6/c1-13-14(2)25-18(17-5-3-4-6-23-17)26-19(13)27-7-9-28(10-8-27)20-16(22)11-15(21)12-24-20/h3-6,11-12H,7-10H2,1-2H3. The van der Waals surface area contributed by atoms with Crippen molar-refractivity contribution in [1.82, 2.24) is 19.9 Å². The molecule has 1 fully saturated rings. The monoisotopic (exact) mass is 414 g/mol. The number of nitrogens with zero attached hydrogens (tertiary/aromatic N) is 6. The average Bonchev–Trinajstić information content (AvgIpc) is 2.71. The summed E-state index contributed by atoms with van der Waals surface area (Å²) in [7, 11) is 0. The molecule has 8 heteroatoms. The highest BCUT2D eigenvalue weighted by molar-refractivity contribution is 6.36. The van der Waals surface area contributed by atoms with Crippen LogP contribution in [0.5, 0.6) is 0 Å². The van der Waals surface area contributed by atoms with Gasteiger partial charge in [0, 0.05) is 49.8 Å². The van der Waals surface area contributed by atoms with Crippen LogP contribution in [0.4, 0.5) is 11.6 Å². The predicted molar refractivity (Wildman–Crippen MR) is 113 cm³/mol. The van der Waals surface area contributed by atoms with E-state index >= 15 is 0 Å². The topological polar surface area (TPSA) is 58.0 Å². The Morgan fingerprint density at radius 1 is 0.893 bits per heavy atom. The number of halogens is 2. The highest BCUT2D eigenvalue weighted by Crippen LogP contribution is 2.29. The molecule has 0 atom stereocenters. The van der Waals surface area contributed by atoms with Gasteiger partial charge in [-0.3, -0.25) is 4.98 Å². The highest BCUT2D eigenvalue weighted by atomic mass is 35.5. The molecule has 4 rings (SSSR count). The van der Waals surface area contributed by atoms with Gasteiger partial charge >= 0.3 is 0 Å². The highest BCUT2D eigenvalue weighted by Gasteiger charge is 2.23. The second-order valence-corrected chi connectivity index (χ2v) is 7.57. The fourth-order valence-electron chi connectivity index (χ4n) is 3.30. The number of hydrogen-bond acceptors (Lipinski definition) is 6. The summed E-state index contributed by atoms with van der Waals surface area (Å²) in [6.45, 7) is 7.32. The van der Waals surface area contributed by atoms with Crippen molar-refractivity contribution in [3.05, 3.63) is 58.0 Å². The van der Waals surface area contributed by atoms with E-state index in [0.29, 0.717) is 15.9 Å². The fourth-order valence-corrected chi connectivity index (χ4v) is 3.80.